The molecular formula is C39H56O3. The number of ketones is 1. The van der Waals surface area contributed by atoms with Crippen molar-refractivity contribution in [3.8, 4) is 0 Å². The minimum Gasteiger partial charge on any atom is -0.461 e. The first-order valence-corrected chi connectivity index (χ1v) is 17.9. The van der Waals surface area contributed by atoms with E-state index in [2.05, 4.69) is 52.8 Å². The summed E-state index contributed by atoms with van der Waals surface area (Å²) in [5, 5.41) is 0. The van der Waals surface area contributed by atoms with Crippen LogP contribution >= 0.6 is 0 Å². The summed E-state index contributed by atoms with van der Waals surface area (Å²) in [4.78, 5) is 26.8. The van der Waals surface area contributed by atoms with E-state index in [4.69, 9.17) is 4.74 Å². The van der Waals surface area contributed by atoms with E-state index in [0.717, 1.165) is 67.6 Å². The predicted molar refractivity (Wildman–Crippen MR) is 168 cm³/mol. The zero-order valence-electron chi connectivity index (χ0n) is 27.1. The van der Waals surface area contributed by atoms with Crippen LogP contribution in [-0.4, -0.2) is 17.9 Å². The number of rotatable bonds is 7. The van der Waals surface area contributed by atoms with Crippen molar-refractivity contribution in [2.45, 2.75) is 124 Å². The van der Waals surface area contributed by atoms with E-state index in [9.17, 15) is 9.59 Å². The Bertz CT molecular complexity index is 1190. The van der Waals surface area contributed by atoms with Crippen LogP contribution in [0.4, 0.5) is 0 Å². The fourth-order valence-electron chi connectivity index (χ4n) is 12.5. The Kier molecular flexibility index (Phi) is 7.26. The van der Waals surface area contributed by atoms with Gasteiger partial charge in [0, 0.05) is 12.3 Å². The van der Waals surface area contributed by atoms with Gasteiger partial charge in [0.25, 0.3) is 0 Å². The third-order valence-corrected chi connectivity index (χ3v) is 14.7. The quantitative estimate of drug-likeness (QED) is 0.226. The first-order chi connectivity index (χ1) is 20.1. The monoisotopic (exact) mass is 572 g/mol. The number of esters is 1. The summed E-state index contributed by atoms with van der Waals surface area (Å²) in [7, 11) is 0. The van der Waals surface area contributed by atoms with Crippen LogP contribution in [0.1, 0.15) is 118 Å². The molecule has 8 rings (SSSR count). The molecule has 0 aromatic rings. The van der Waals surface area contributed by atoms with Gasteiger partial charge >= 0.3 is 5.97 Å². The second-order valence-electron chi connectivity index (χ2n) is 16.9. The van der Waals surface area contributed by atoms with Gasteiger partial charge in [-0.05, 0) is 122 Å². The summed E-state index contributed by atoms with van der Waals surface area (Å²) >= 11 is 0. The van der Waals surface area contributed by atoms with E-state index < -0.39 is 5.41 Å². The summed E-state index contributed by atoms with van der Waals surface area (Å²) < 4.78 is 6.42. The summed E-state index contributed by atoms with van der Waals surface area (Å²) in [6, 6.07) is 0. The maximum absolute atomic E-state index is 13.9. The van der Waals surface area contributed by atoms with Gasteiger partial charge < -0.3 is 4.74 Å². The molecule has 3 nitrogen and oxygen atoms in total. The van der Waals surface area contributed by atoms with Crippen LogP contribution in [0, 0.1) is 69.5 Å². The third-order valence-electron chi connectivity index (χ3n) is 14.7. The molecule has 8 aliphatic carbocycles. The zero-order chi connectivity index (χ0) is 29.4. The highest BCUT2D eigenvalue weighted by Gasteiger charge is 2.63. The highest BCUT2D eigenvalue weighted by molar-refractivity contribution is 6.02. The number of hydrogen-bond donors (Lipinski definition) is 0. The number of carbonyl (C=O) groups is 2. The molecule has 4 fully saturated rings. The second-order valence-corrected chi connectivity index (χ2v) is 16.9. The van der Waals surface area contributed by atoms with Crippen molar-refractivity contribution in [1.82, 2.24) is 0 Å². The molecule has 0 aromatic carbocycles. The molecule has 0 radical (unpaired) electrons. The topological polar surface area (TPSA) is 43.4 Å². The molecule has 2 bridgehead atoms. The molecule has 3 heteroatoms. The smallest absolute Gasteiger partial charge is 0.317 e. The lowest BCUT2D eigenvalue weighted by Gasteiger charge is -2.58. The van der Waals surface area contributed by atoms with E-state index in [1.165, 1.54) is 51.4 Å². The molecule has 0 heterocycles. The van der Waals surface area contributed by atoms with Gasteiger partial charge in [0.1, 0.15) is 11.5 Å². The molecule has 12 unspecified atom stereocenters. The predicted octanol–water partition coefficient (Wildman–Crippen LogP) is 9.28. The van der Waals surface area contributed by atoms with Crippen molar-refractivity contribution in [2.24, 2.45) is 69.5 Å². The highest BCUT2D eigenvalue weighted by atomic mass is 16.5. The SMILES string of the molecule is CC(C)CCCC(C)C1CCC2C3CC=C4CC(OC(=O)C56C=CC(=O)C5C5C=CC6CC5)CCC4(C)C3CCC12C. The zero-order valence-corrected chi connectivity index (χ0v) is 27.1. The van der Waals surface area contributed by atoms with Gasteiger partial charge in [0.15, 0.2) is 5.78 Å². The first kappa shape index (κ1) is 29.1. The largest absolute Gasteiger partial charge is 0.461 e. The Labute approximate surface area is 255 Å². The Morgan fingerprint density at radius 2 is 1.81 bits per heavy atom. The van der Waals surface area contributed by atoms with E-state index in [1.807, 2.05) is 6.08 Å². The summed E-state index contributed by atoms with van der Waals surface area (Å²) in [5.41, 5.74) is 1.60. The van der Waals surface area contributed by atoms with Crippen molar-refractivity contribution >= 4 is 11.8 Å². The van der Waals surface area contributed by atoms with E-state index in [1.54, 1.807) is 11.6 Å². The van der Waals surface area contributed by atoms with Crippen LogP contribution in [0.15, 0.2) is 36.0 Å². The number of hydrogen-bond acceptors (Lipinski definition) is 3. The standard InChI is InChI=1S/C39H56O3/c1-24(2)7-6-8-25(3)31-15-16-32-30-14-13-28-23-29(17-20-37(28,4)33(30)18-21-38(31,32)5)42-36(41)39-22-19-34(40)35(39)26-9-11-27(39)12-10-26/h9,11,13,19,22,24-27,29-33,35H,6-8,10,12,14-18,20-21,23H2,1-5H3. The molecule has 230 valence electrons. The maximum atomic E-state index is 13.9. The van der Waals surface area contributed by atoms with Crippen molar-refractivity contribution < 1.29 is 14.3 Å². The fourth-order valence-corrected chi connectivity index (χ4v) is 12.5. The summed E-state index contributed by atoms with van der Waals surface area (Å²) in [5.74, 6) is 5.11. The molecule has 0 amide bonds. The van der Waals surface area contributed by atoms with Gasteiger partial charge in [-0.25, -0.2) is 0 Å². The molecule has 0 aromatic heterocycles. The molecule has 0 saturated heterocycles. The first-order valence-electron chi connectivity index (χ1n) is 17.9. The number of fused-ring (bicyclic) bond motifs is 6. The van der Waals surface area contributed by atoms with E-state index >= 15 is 0 Å². The molecule has 42 heavy (non-hydrogen) atoms. The number of allylic oxidation sites excluding steroid dienone is 4. The lowest BCUT2D eigenvalue weighted by atomic mass is 9.47. The molecule has 0 spiro atoms. The van der Waals surface area contributed by atoms with Gasteiger partial charge in [0.05, 0.1) is 0 Å². The fraction of sp³-hybridized carbons (Fsp3) is 0.795. The van der Waals surface area contributed by atoms with E-state index in [0.29, 0.717) is 5.41 Å². The van der Waals surface area contributed by atoms with Crippen molar-refractivity contribution in [3.63, 3.8) is 0 Å². The summed E-state index contributed by atoms with van der Waals surface area (Å²) in [6.45, 7) is 12.5. The second kappa shape index (κ2) is 10.5. The van der Waals surface area contributed by atoms with Gasteiger partial charge in [0.2, 0.25) is 0 Å². The highest BCUT2D eigenvalue weighted by Crippen LogP contribution is 2.67. The summed E-state index contributed by atoms with van der Waals surface area (Å²) in [6.07, 6.45) is 26.6. The van der Waals surface area contributed by atoms with Crippen LogP contribution < -0.4 is 0 Å². The molecule has 0 N–H and O–H groups in total. The van der Waals surface area contributed by atoms with Crippen molar-refractivity contribution in [2.75, 3.05) is 0 Å². The molecule has 0 aliphatic heterocycles. The van der Waals surface area contributed by atoms with Gasteiger partial charge in [-0.1, -0.05) is 83.8 Å². The average molecular weight is 573 g/mol. The van der Waals surface area contributed by atoms with E-state index in [-0.39, 0.29) is 41.0 Å². The molecule has 4 saturated carbocycles. The van der Waals surface area contributed by atoms with Crippen LogP contribution in [-0.2, 0) is 14.3 Å². The van der Waals surface area contributed by atoms with Crippen molar-refractivity contribution in [1.29, 1.82) is 0 Å². The lowest BCUT2D eigenvalue weighted by molar-refractivity contribution is -0.171. The molecule has 8 aliphatic rings. The minimum absolute atomic E-state index is 0.0478. The van der Waals surface area contributed by atoms with Gasteiger partial charge in [-0.3, -0.25) is 9.59 Å². The molecular weight excluding hydrogens is 516 g/mol. The Morgan fingerprint density at radius 1 is 0.976 bits per heavy atom. The van der Waals surface area contributed by atoms with Crippen LogP contribution in [0.3, 0.4) is 0 Å². The minimum atomic E-state index is -0.750. The van der Waals surface area contributed by atoms with Crippen LogP contribution in [0.5, 0.6) is 0 Å². The number of ether oxygens (including phenoxy) is 1. The van der Waals surface area contributed by atoms with Crippen molar-refractivity contribution in [3.05, 3.63) is 36.0 Å². The maximum Gasteiger partial charge on any atom is 0.317 e. The lowest BCUT2D eigenvalue weighted by Crippen LogP contribution is -2.53. The normalized spacial score (nSPS) is 47.5. The number of carbonyl (C=O) groups excluding carboxylic acids is 2. The van der Waals surface area contributed by atoms with Crippen LogP contribution in [0.25, 0.3) is 0 Å². The Hall–Kier alpha value is -1.64. The Balaban J connectivity index is 1.04. The van der Waals surface area contributed by atoms with Crippen LogP contribution in [0.2, 0.25) is 0 Å². The Morgan fingerprint density at radius 3 is 2.57 bits per heavy atom. The average Bonchev–Trinajstić information content (AvgIpc) is 3.53. The molecule has 12 atom stereocenters. The van der Waals surface area contributed by atoms with Gasteiger partial charge in [-0.15, -0.1) is 0 Å². The van der Waals surface area contributed by atoms with Gasteiger partial charge in [-0.2, -0.15) is 0 Å². The third kappa shape index (κ3) is 4.24.